The highest BCUT2D eigenvalue weighted by molar-refractivity contribution is 6.39. The van der Waals surface area contributed by atoms with Crippen LogP contribution in [-0.4, -0.2) is 130 Å². The van der Waals surface area contributed by atoms with Gasteiger partial charge in [-0.3, -0.25) is 19.4 Å². The fourth-order valence-electron chi connectivity index (χ4n) is 10.1. The standard InChI is InChI=1S/C50H78N2O12/c1-30(23-31(2)25-44(62-8)46-45(63-9)27-33(4)50(60,64-46)47(56)48(57)52-22-13-11-18-39(52)49(58)59)24-37(15-14-17-38-16-10-12-21-51-38)42(55)29-41(54)35(6)34(5)32(3)26-36-19-20-40(53)43(28-36)61-7/h10,12,16,21,24,26,31,33-37,39-41,43-46,53-54,60H,11,13-15,17-20,22-23,25,27-29H2,1-9H3,(H,58,59)/b30-24+,32-26+/t31-,33+,34+,35-,36-,37+,39-,40+,41-,43+,44-,45-,46+,50+/m0/s1. The van der Waals surface area contributed by atoms with Crippen molar-refractivity contribution < 1.29 is 58.6 Å². The number of aryl methyl sites for hydroxylation is 1. The van der Waals surface area contributed by atoms with E-state index in [2.05, 4.69) is 24.9 Å². The lowest BCUT2D eigenvalue weighted by Gasteiger charge is -2.47. The number of nitrogens with zero attached hydrogens (tertiary/aromatic N) is 2. The zero-order chi connectivity index (χ0) is 47.3. The second-order valence-electron chi connectivity index (χ2n) is 19.2. The molecule has 0 radical (unpaired) electrons. The normalized spacial score (nSPS) is 29.9. The van der Waals surface area contributed by atoms with Gasteiger partial charge in [-0.2, -0.15) is 0 Å². The van der Waals surface area contributed by atoms with Crippen LogP contribution in [0, 0.1) is 35.5 Å². The zero-order valence-corrected chi connectivity index (χ0v) is 39.8. The lowest BCUT2D eigenvalue weighted by atomic mass is 9.79. The molecule has 3 fully saturated rings. The predicted octanol–water partition coefficient (Wildman–Crippen LogP) is 6.28. The minimum atomic E-state index is -2.52. The van der Waals surface area contributed by atoms with E-state index in [4.69, 9.17) is 18.9 Å². The number of aliphatic hydroxyl groups is 3. The zero-order valence-electron chi connectivity index (χ0n) is 39.8. The van der Waals surface area contributed by atoms with Crippen LogP contribution in [-0.2, 0) is 44.5 Å². The number of pyridine rings is 1. The van der Waals surface area contributed by atoms with E-state index >= 15 is 0 Å². The second kappa shape index (κ2) is 25.0. The third kappa shape index (κ3) is 14.1. The maximum Gasteiger partial charge on any atom is 0.326 e. The maximum absolute atomic E-state index is 14.1. The number of carbonyl (C=O) groups excluding carboxylic acids is 3. The molecule has 3 aliphatic rings. The number of rotatable bonds is 23. The predicted molar refractivity (Wildman–Crippen MR) is 242 cm³/mol. The molecule has 2 saturated heterocycles. The fraction of sp³-hybridized carbons (Fsp3) is 0.740. The summed E-state index contributed by atoms with van der Waals surface area (Å²) in [6.45, 7) is 11.9. The number of ether oxygens (including phenoxy) is 4. The van der Waals surface area contributed by atoms with Gasteiger partial charge in [0, 0.05) is 58.0 Å². The Morgan fingerprint density at radius 1 is 1.00 bits per heavy atom. The number of hydrogen-bond acceptors (Lipinski definition) is 12. The van der Waals surface area contributed by atoms with Gasteiger partial charge in [-0.15, -0.1) is 0 Å². The van der Waals surface area contributed by atoms with E-state index in [1.165, 1.54) is 14.2 Å². The Balaban J connectivity index is 1.45. The van der Waals surface area contributed by atoms with Crippen LogP contribution in [0.25, 0.3) is 0 Å². The van der Waals surface area contributed by atoms with E-state index < -0.39 is 71.8 Å². The van der Waals surface area contributed by atoms with E-state index in [0.717, 1.165) is 41.0 Å². The first-order chi connectivity index (χ1) is 30.3. The number of likely N-dealkylation sites (tertiary alicyclic amines) is 1. The van der Waals surface area contributed by atoms with Crippen molar-refractivity contribution in [3.8, 4) is 0 Å². The first kappa shape index (κ1) is 53.2. The van der Waals surface area contributed by atoms with Crippen molar-refractivity contribution >= 4 is 23.4 Å². The van der Waals surface area contributed by atoms with E-state index in [-0.39, 0.29) is 61.4 Å². The SMILES string of the molecule is CO[C@@H](C[C@@H](C)C/C(C)=C/[C@@H](CCCc1ccccn1)C(=O)C[C@H](O)[C@@H](C)[C@H](C)/C(C)=C/[C@@H]1CC[C@@H](O)[C@H](OC)C1)[C@H]1O[C@@](O)(C(=O)C(=O)N2CCCC[C@H]2C(=O)O)[C@H](C)C[C@@H]1OC. The summed E-state index contributed by atoms with van der Waals surface area (Å²) in [5, 5.41) is 43.4. The summed E-state index contributed by atoms with van der Waals surface area (Å²) >= 11 is 0. The van der Waals surface area contributed by atoms with Crippen molar-refractivity contribution in [1.82, 2.24) is 9.88 Å². The van der Waals surface area contributed by atoms with Gasteiger partial charge in [0.25, 0.3) is 11.7 Å². The van der Waals surface area contributed by atoms with Crippen LogP contribution in [0.15, 0.2) is 47.7 Å². The monoisotopic (exact) mass is 899 g/mol. The van der Waals surface area contributed by atoms with Gasteiger partial charge in [-0.25, -0.2) is 4.79 Å². The van der Waals surface area contributed by atoms with E-state index in [0.29, 0.717) is 44.9 Å². The second-order valence-corrected chi connectivity index (χ2v) is 19.2. The maximum atomic E-state index is 14.1. The molecule has 0 spiro atoms. The topological polar surface area (TPSA) is 202 Å². The Hall–Kier alpha value is -3.37. The number of ketones is 2. The van der Waals surface area contributed by atoms with Crippen molar-refractivity contribution in [3.63, 3.8) is 0 Å². The lowest BCUT2D eigenvalue weighted by molar-refractivity contribution is -0.302. The van der Waals surface area contributed by atoms with Gasteiger partial charge in [0.1, 0.15) is 17.9 Å². The van der Waals surface area contributed by atoms with Crippen LogP contribution in [0.2, 0.25) is 0 Å². The Morgan fingerprint density at radius 3 is 2.36 bits per heavy atom. The molecule has 14 nitrogen and oxygen atoms in total. The van der Waals surface area contributed by atoms with E-state index in [9.17, 15) is 39.6 Å². The van der Waals surface area contributed by atoms with Gasteiger partial charge in [-0.05, 0) is 127 Å². The molecule has 14 heteroatoms. The van der Waals surface area contributed by atoms with Gasteiger partial charge in [-0.1, -0.05) is 57.1 Å². The van der Waals surface area contributed by atoms with Crippen LogP contribution in [0.1, 0.15) is 124 Å². The molecule has 1 aromatic heterocycles. The van der Waals surface area contributed by atoms with Crippen LogP contribution in [0.4, 0.5) is 0 Å². The first-order valence-corrected chi connectivity index (χ1v) is 23.6. The highest BCUT2D eigenvalue weighted by Gasteiger charge is 2.56. The van der Waals surface area contributed by atoms with Crippen LogP contribution < -0.4 is 0 Å². The summed E-state index contributed by atoms with van der Waals surface area (Å²) in [5.41, 5.74) is 3.10. The number of Topliss-reactive ketones (excluding diaryl/α,β-unsaturated/α-hetero) is 2. The van der Waals surface area contributed by atoms with Gasteiger partial charge >= 0.3 is 5.97 Å². The molecule has 1 aromatic rings. The fourth-order valence-corrected chi connectivity index (χ4v) is 10.1. The highest BCUT2D eigenvalue weighted by Crippen LogP contribution is 2.39. The van der Waals surface area contributed by atoms with E-state index in [1.54, 1.807) is 20.2 Å². The molecular formula is C50H78N2O12. The lowest BCUT2D eigenvalue weighted by Crippen LogP contribution is -2.64. The highest BCUT2D eigenvalue weighted by atomic mass is 16.7. The molecule has 4 rings (SSSR count). The molecule has 1 amide bonds. The Labute approximate surface area is 381 Å². The molecule has 0 bridgehead atoms. The van der Waals surface area contributed by atoms with Crippen LogP contribution in [0.3, 0.4) is 0 Å². The molecular weight excluding hydrogens is 821 g/mol. The number of allylic oxidation sites excluding steroid dienone is 4. The van der Waals surface area contributed by atoms with Gasteiger partial charge in [0.15, 0.2) is 0 Å². The van der Waals surface area contributed by atoms with E-state index in [1.807, 2.05) is 45.0 Å². The van der Waals surface area contributed by atoms with Crippen molar-refractivity contribution in [2.45, 2.75) is 173 Å². The number of carboxylic acid groups (broad SMARTS) is 1. The Kier molecular flexibility index (Phi) is 20.8. The Morgan fingerprint density at radius 2 is 1.72 bits per heavy atom. The third-order valence-corrected chi connectivity index (χ3v) is 14.5. The molecule has 64 heavy (non-hydrogen) atoms. The summed E-state index contributed by atoms with van der Waals surface area (Å²) in [7, 11) is 4.67. The largest absolute Gasteiger partial charge is 0.480 e. The average Bonchev–Trinajstić information content (AvgIpc) is 3.28. The summed E-state index contributed by atoms with van der Waals surface area (Å²) < 4.78 is 23.4. The van der Waals surface area contributed by atoms with Crippen molar-refractivity contribution in [1.29, 1.82) is 0 Å². The summed E-state index contributed by atoms with van der Waals surface area (Å²) in [6.07, 6.45) is 9.35. The summed E-state index contributed by atoms with van der Waals surface area (Å²) in [6, 6.07) is 4.64. The first-order valence-electron chi connectivity index (χ1n) is 23.6. The molecule has 0 unspecified atom stereocenters. The molecule has 1 aliphatic carbocycles. The summed E-state index contributed by atoms with van der Waals surface area (Å²) in [4.78, 5) is 58.9. The van der Waals surface area contributed by atoms with Gasteiger partial charge < -0.3 is 44.3 Å². The number of carbonyl (C=O) groups is 4. The number of aliphatic carboxylic acids is 1. The van der Waals surface area contributed by atoms with Crippen LogP contribution in [0.5, 0.6) is 0 Å². The molecule has 0 aromatic carbocycles. The van der Waals surface area contributed by atoms with Gasteiger partial charge in [0.05, 0.1) is 30.5 Å². The number of methoxy groups -OCH3 is 3. The number of aliphatic hydroxyl groups excluding tert-OH is 2. The minimum Gasteiger partial charge on any atom is -0.480 e. The molecule has 4 N–H and O–H groups in total. The third-order valence-electron chi connectivity index (χ3n) is 14.5. The smallest absolute Gasteiger partial charge is 0.326 e. The summed E-state index contributed by atoms with van der Waals surface area (Å²) in [5.74, 6) is -7.15. The number of carboxylic acids is 1. The molecule has 2 aliphatic heterocycles. The Bertz CT molecular complexity index is 1740. The molecule has 360 valence electrons. The number of aromatic nitrogens is 1. The van der Waals surface area contributed by atoms with Crippen molar-refractivity contribution in [3.05, 3.63) is 53.4 Å². The minimum absolute atomic E-state index is 0.0196. The average molecular weight is 899 g/mol. The molecule has 3 heterocycles. The number of piperidine rings is 1. The van der Waals surface area contributed by atoms with Gasteiger partial charge in [0.2, 0.25) is 5.79 Å². The quantitative estimate of drug-likeness (QED) is 0.0708. The molecule has 14 atom stereocenters. The number of hydrogen-bond donors (Lipinski definition) is 4. The van der Waals surface area contributed by atoms with Crippen molar-refractivity contribution in [2.75, 3.05) is 27.9 Å². The molecule has 1 saturated carbocycles. The van der Waals surface area contributed by atoms with Crippen LogP contribution >= 0.6 is 0 Å². The van der Waals surface area contributed by atoms with Crippen molar-refractivity contribution in [2.24, 2.45) is 35.5 Å². The number of amides is 1.